The molecule has 4 fully saturated rings. The third kappa shape index (κ3) is 4.13. The minimum absolute atomic E-state index is 0.0861. The Morgan fingerprint density at radius 1 is 0.971 bits per heavy atom. The van der Waals surface area contributed by atoms with Crippen molar-refractivity contribution in [2.45, 2.75) is 96.9 Å². The van der Waals surface area contributed by atoms with Crippen LogP contribution in [0.25, 0.3) is 0 Å². The van der Waals surface area contributed by atoms with Crippen LogP contribution in [-0.2, 0) is 11.3 Å². The summed E-state index contributed by atoms with van der Waals surface area (Å²) in [6.07, 6.45) is 17.8. The molecule has 2 nitrogen and oxygen atoms in total. The van der Waals surface area contributed by atoms with Crippen LogP contribution in [0, 0.1) is 40.9 Å². The predicted octanol–water partition coefficient (Wildman–Crippen LogP) is 7.48. The second kappa shape index (κ2) is 9.25. The van der Waals surface area contributed by atoms with Gasteiger partial charge in [-0.25, -0.2) is 0 Å². The van der Waals surface area contributed by atoms with Gasteiger partial charge in [-0.05, 0) is 118 Å². The van der Waals surface area contributed by atoms with Crippen molar-refractivity contribution in [3.63, 3.8) is 0 Å². The van der Waals surface area contributed by atoms with Gasteiger partial charge in [-0.3, -0.25) is 0 Å². The molecule has 184 valence electrons. The van der Waals surface area contributed by atoms with Crippen LogP contribution in [0.15, 0.2) is 53.6 Å². The lowest BCUT2D eigenvalue weighted by molar-refractivity contribution is -0.107. The van der Waals surface area contributed by atoms with Crippen LogP contribution in [0.4, 0.5) is 0 Å². The molecular weight excluding hydrogens is 416 g/mol. The topological polar surface area (TPSA) is 29.5 Å². The van der Waals surface area contributed by atoms with Crippen molar-refractivity contribution >= 4 is 0 Å². The van der Waals surface area contributed by atoms with E-state index in [1.165, 1.54) is 68.1 Å². The average molecular weight is 461 g/mol. The van der Waals surface area contributed by atoms with E-state index < -0.39 is 0 Å². The van der Waals surface area contributed by atoms with E-state index in [1.807, 2.05) is 0 Å². The number of hydrogen-bond donors (Lipinski definition) is 1. The van der Waals surface area contributed by atoms with Gasteiger partial charge in [-0.2, -0.15) is 0 Å². The number of aliphatic hydroxyl groups excluding tert-OH is 1. The van der Waals surface area contributed by atoms with Gasteiger partial charge in [0.15, 0.2) is 0 Å². The zero-order valence-corrected chi connectivity index (χ0v) is 21.3. The van der Waals surface area contributed by atoms with Crippen molar-refractivity contribution in [2.24, 2.45) is 40.9 Å². The van der Waals surface area contributed by atoms with Gasteiger partial charge in [0.2, 0.25) is 0 Å². The molecule has 0 amide bonds. The van der Waals surface area contributed by atoms with Crippen molar-refractivity contribution in [3.8, 4) is 0 Å². The molecule has 6 rings (SSSR count). The molecule has 4 saturated carbocycles. The van der Waals surface area contributed by atoms with Crippen molar-refractivity contribution in [1.82, 2.24) is 0 Å². The van der Waals surface area contributed by atoms with Gasteiger partial charge in [0.25, 0.3) is 0 Å². The molecule has 0 aromatic heterocycles. The number of rotatable bonds is 5. The molecule has 1 aromatic rings. The monoisotopic (exact) mass is 460 g/mol. The van der Waals surface area contributed by atoms with Gasteiger partial charge in [-0.15, -0.1) is 0 Å². The highest BCUT2D eigenvalue weighted by Gasteiger charge is 2.60. The standard InChI is InChI=1S/C32H44O2/c1-21-8-9-23(16-21)17-25-19-30(33)31-29-12-10-24-18-26(34-20-22-6-4-3-5-7-22)11-13-27(24)28(29)14-15-32(25,31)2/h3-7,9,16,24-31,33H,8,10-15,17-20H2,1-2H3. The molecule has 0 bridgehead atoms. The lowest BCUT2D eigenvalue weighted by atomic mass is 9.49. The van der Waals surface area contributed by atoms with E-state index in [1.54, 1.807) is 0 Å². The van der Waals surface area contributed by atoms with Crippen molar-refractivity contribution in [1.29, 1.82) is 0 Å². The summed E-state index contributed by atoms with van der Waals surface area (Å²) in [5, 5.41) is 11.4. The van der Waals surface area contributed by atoms with Crippen LogP contribution in [0.3, 0.4) is 0 Å². The van der Waals surface area contributed by atoms with Gasteiger partial charge in [0.1, 0.15) is 0 Å². The average Bonchev–Trinajstić information content (AvgIpc) is 3.37. The summed E-state index contributed by atoms with van der Waals surface area (Å²) in [6, 6.07) is 10.7. The van der Waals surface area contributed by atoms with Gasteiger partial charge >= 0.3 is 0 Å². The number of aliphatic hydroxyl groups is 1. The first-order valence-electron chi connectivity index (χ1n) is 14.2. The van der Waals surface area contributed by atoms with Crippen LogP contribution >= 0.6 is 0 Å². The number of allylic oxidation sites excluding steroid dienone is 4. The minimum atomic E-state index is -0.0861. The molecule has 0 aliphatic heterocycles. The minimum Gasteiger partial charge on any atom is -0.393 e. The molecule has 5 aliphatic carbocycles. The molecular formula is C32H44O2. The summed E-state index contributed by atoms with van der Waals surface area (Å²) in [7, 11) is 0. The summed E-state index contributed by atoms with van der Waals surface area (Å²) in [5.41, 5.74) is 4.66. The third-order valence-electron chi connectivity index (χ3n) is 11.0. The summed E-state index contributed by atoms with van der Waals surface area (Å²) >= 11 is 0. The molecule has 2 heteroatoms. The predicted molar refractivity (Wildman–Crippen MR) is 138 cm³/mol. The normalized spacial score (nSPS) is 43.5. The zero-order chi connectivity index (χ0) is 23.3. The zero-order valence-electron chi connectivity index (χ0n) is 21.3. The fourth-order valence-electron chi connectivity index (χ4n) is 9.40. The summed E-state index contributed by atoms with van der Waals surface area (Å²) < 4.78 is 6.39. The number of fused-ring (bicyclic) bond motifs is 5. The fourth-order valence-corrected chi connectivity index (χ4v) is 9.40. The largest absolute Gasteiger partial charge is 0.393 e. The van der Waals surface area contributed by atoms with E-state index in [2.05, 4.69) is 56.3 Å². The lowest BCUT2D eigenvalue weighted by Crippen LogP contribution is -2.51. The van der Waals surface area contributed by atoms with Crippen LogP contribution in [0.2, 0.25) is 0 Å². The Kier molecular flexibility index (Phi) is 6.27. The van der Waals surface area contributed by atoms with Crippen LogP contribution in [-0.4, -0.2) is 17.3 Å². The molecule has 0 heterocycles. The van der Waals surface area contributed by atoms with Gasteiger partial charge in [0, 0.05) is 0 Å². The summed E-state index contributed by atoms with van der Waals surface area (Å²) in [6.45, 7) is 5.57. The molecule has 0 radical (unpaired) electrons. The number of hydrogen-bond acceptors (Lipinski definition) is 2. The van der Waals surface area contributed by atoms with Gasteiger partial charge in [0.05, 0.1) is 18.8 Å². The third-order valence-corrected chi connectivity index (χ3v) is 11.0. The number of benzene rings is 1. The Morgan fingerprint density at radius 2 is 1.79 bits per heavy atom. The van der Waals surface area contributed by atoms with Crippen molar-refractivity contribution in [2.75, 3.05) is 0 Å². The van der Waals surface area contributed by atoms with E-state index in [0.717, 1.165) is 43.1 Å². The lowest BCUT2D eigenvalue weighted by Gasteiger charge is -2.56. The van der Waals surface area contributed by atoms with Gasteiger partial charge < -0.3 is 9.84 Å². The maximum Gasteiger partial charge on any atom is 0.0720 e. The molecule has 1 aromatic carbocycles. The Balaban J connectivity index is 1.10. The molecule has 0 saturated heterocycles. The molecule has 5 aliphatic rings. The molecule has 9 unspecified atom stereocenters. The molecule has 34 heavy (non-hydrogen) atoms. The Labute approximate surface area is 206 Å². The van der Waals surface area contributed by atoms with Crippen molar-refractivity contribution < 1.29 is 9.84 Å². The Bertz CT molecular complexity index is 932. The van der Waals surface area contributed by atoms with E-state index in [0.29, 0.717) is 23.4 Å². The summed E-state index contributed by atoms with van der Waals surface area (Å²) in [4.78, 5) is 0. The molecule has 1 N–H and O–H groups in total. The quantitative estimate of drug-likeness (QED) is 0.493. The van der Waals surface area contributed by atoms with Crippen LogP contribution < -0.4 is 0 Å². The van der Waals surface area contributed by atoms with Crippen LogP contribution in [0.1, 0.15) is 83.6 Å². The maximum absolute atomic E-state index is 11.4. The van der Waals surface area contributed by atoms with Crippen molar-refractivity contribution in [3.05, 3.63) is 59.2 Å². The first-order valence-corrected chi connectivity index (χ1v) is 14.2. The maximum atomic E-state index is 11.4. The highest BCUT2D eigenvalue weighted by molar-refractivity contribution is 5.32. The number of ether oxygens (including phenoxy) is 1. The fraction of sp³-hybridized carbons (Fsp3) is 0.688. The molecule has 0 spiro atoms. The Hall–Kier alpha value is -1.38. The highest BCUT2D eigenvalue weighted by atomic mass is 16.5. The second-order valence-corrected chi connectivity index (χ2v) is 12.8. The van der Waals surface area contributed by atoms with Crippen LogP contribution in [0.5, 0.6) is 0 Å². The van der Waals surface area contributed by atoms with E-state index in [4.69, 9.17) is 4.74 Å². The second-order valence-electron chi connectivity index (χ2n) is 12.8. The van der Waals surface area contributed by atoms with Gasteiger partial charge in [-0.1, -0.05) is 60.6 Å². The van der Waals surface area contributed by atoms with E-state index in [9.17, 15) is 5.11 Å². The first-order chi connectivity index (χ1) is 16.5. The smallest absolute Gasteiger partial charge is 0.0720 e. The highest BCUT2D eigenvalue weighted by Crippen LogP contribution is 2.65. The summed E-state index contributed by atoms with van der Waals surface area (Å²) in [5.74, 6) is 4.48. The SMILES string of the molecule is CC1=CC(CC2CC(O)C3C4CCC5CC(OCc6ccccc6)CCC5C4CCC23C)=CC1. The first kappa shape index (κ1) is 23.0. The van der Waals surface area contributed by atoms with E-state index in [-0.39, 0.29) is 6.10 Å². The van der Waals surface area contributed by atoms with E-state index >= 15 is 0 Å². The Morgan fingerprint density at radius 3 is 2.59 bits per heavy atom. The molecule has 9 atom stereocenters.